The first-order chi connectivity index (χ1) is 9.96. The summed E-state index contributed by atoms with van der Waals surface area (Å²) >= 11 is 0. The molecule has 2 heterocycles. The van der Waals surface area contributed by atoms with Crippen LogP contribution in [0.15, 0.2) is 23.2 Å². The Morgan fingerprint density at radius 1 is 1.43 bits per heavy atom. The summed E-state index contributed by atoms with van der Waals surface area (Å²) in [6.45, 7) is 5.20. The van der Waals surface area contributed by atoms with Gasteiger partial charge in [-0.1, -0.05) is 13.8 Å². The van der Waals surface area contributed by atoms with Crippen molar-refractivity contribution in [2.45, 2.75) is 50.2 Å². The number of aliphatic hydroxyl groups excluding tert-OH is 1. The molecule has 0 amide bonds. The first-order valence-corrected chi connectivity index (χ1v) is 8.86. The molecule has 0 radical (unpaired) electrons. The summed E-state index contributed by atoms with van der Waals surface area (Å²) in [6.07, 6.45) is 3.29. The number of anilines is 1. The molecule has 1 saturated heterocycles. The highest BCUT2D eigenvalue weighted by molar-refractivity contribution is 7.89. The summed E-state index contributed by atoms with van der Waals surface area (Å²) < 4.78 is 27.2. The molecule has 7 heteroatoms. The van der Waals surface area contributed by atoms with E-state index in [1.54, 1.807) is 12.1 Å². The Kier molecular flexibility index (Phi) is 5.18. The van der Waals surface area contributed by atoms with Gasteiger partial charge in [-0.15, -0.1) is 0 Å². The molecule has 0 saturated carbocycles. The first-order valence-electron chi connectivity index (χ1n) is 7.37. The lowest BCUT2D eigenvalue weighted by atomic mass is 10.2. The minimum atomic E-state index is -3.52. The summed E-state index contributed by atoms with van der Waals surface area (Å²) in [5, 5.41) is 9.52. The molecule has 1 aliphatic rings. The number of rotatable bonds is 6. The molecule has 1 aromatic rings. The van der Waals surface area contributed by atoms with Crippen molar-refractivity contribution in [3.63, 3.8) is 0 Å². The van der Waals surface area contributed by atoms with Crippen molar-refractivity contribution in [2.24, 2.45) is 0 Å². The molecule has 0 aromatic carbocycles. The Hall–Kier alpha value is -1.18. The van der Waals surface area contributed by atoms with E-state index in [1.165, 1.54) is 6.20 Å². The molecular formula is C14H23N3O3S. The van der Waals surface area contributed by atoms with E-state index in [0.717, 1.165) is 25.8 Å². The van der Waals surface area contributed by atoms with Crippen LogP contribution in [-0.4, -0.2) is 43.7 Å². The molecule has 118 valence electrons. The standard InChI is InChI=1S/C14H23N3O3S/c1-3-11(4-2)16-21(19,20)13-5-6-14(15-9-13)17-8-7-12(18)10-17/h5-6,9,11-12,16,18H,3-4,7-8,10H2,1-2H3/t12-/m0/s1. The molecule has 2 N–H and O–H groups in total. The Labute approximate surface area is 126 Å². The number of aliphatic hydroxyl groups is 1. The van der Waals surface area contributed by atoms with Gasteiger partial charge in [0.05, 0.1) is 6.10 Å². The number of hydrogen-bond acceptors (Lipinski definition) is 5. The predicted molar refractivity (Wildman–Crippen MR) is 81.8 cm³/mol. The molecule has 0 bridgehead atoms. The smallest absolute Gasteiger partial charge is 0.242 e. The van der Waals surface area contributed by atoms with E-state index in [4.69, 9.17) is 0 Å². The molecule has 0 aliphatic carbocycles. The molecule has 1 aliphatic heterocycles. The van der Waals surface area contributed by atoms with E-state index in [-0.39, 0.29) is 17.0 Å². The van der Waals surface area contributed by atoms with Crippen molar-refractivity contribution >= 4 is 15.8 Å². The molecule has 1 atom stereocenters. The SMILES string of the molecule is CCC(CC)NS(=O)(=O)c1ccc(N2CC[C@H](O)C2)nc1. The number of aromatic nitrogens is 1. The second-order valence-electron chi connectivity index (χ2n) is 5.38. The summed E-state index contributed by atoms with van der Waals surface area (Å²) in [4.78, 5) is 6.35. The quantitative estimate of drug-likeness (QED) is 0.822. The maximum Gasteiger partial charge on any atom is 0.242 e. The van der Waals surface area contributed by atoms with Crippen molar-refractivity contribution in [1.29, 1.82) is 0 Å². The van der Waals surface area contributed by atoms with Crippen molar-refractivity contribution in [1.82, 2.24) is 9.71 Å². The maximum atomic E-state index is 12.2. The van der Waals surface area contributed by atoms with Crippen LogP contribution in [0.1, 0.15) is 33.1 Å². The average Bonchev–Trinajstić information content (AvgIpc) is 2.91. The van der Waals surface area contributed by atoms with Crippen LogP contribution in [0.25, 0.3) is 0 Å². The van der Waals surface area contributed by atoms with E-state index < -0.39 is 10.0 Å². The minimum Gasteiger partial charge on any atom is -0.391 e. The van der Waals surface area contributed by atoms with Crippen LogP contribution < -0.4 is 9.62 Å². The molecule has 1 fully saturated rings. The molecule has 0 spiro atoms. The lowest BCUT2D eigenvalue weighted by Gasteiger charge is -2.18. The van der Waals surface area contributed by atoms with E-state index in [0.29, 0.717) is 12.4 Å². The summed E-state index contributed by atoms with van der Waals surface area (Å²) in [5.41, 5.74) is 0. The number of hydrogen-bond donors (Lipinski definition) is 2. The molecule has 2 rings (SSSR count). The fraction of sp³-hybridized carbons (Fsp3) is 0.643. The van der Waals surface area contributed by atoms with Gasteiger partial charge >= 0.3 is 0 Å². The van der Waals surface area contributed by atoms with Gasteiger partial charge in [0.25, 0.3) is 0 Å². The lowest BCUT2D eigenvalue weighted by molar-refractivity contribution is 0.198. The first kappa shape index (κ1) is 16.2. The highest BCUT2D eigenvalue weighted by Crippen LogP contribution is 2.19. The summed E-state index contributed by atoms with van der Waals surface area (Å²) in [6, 6.07) is 3.21. The number of nitrogens with zero attached hydrogens (tertiary/aromatic N) is 2. The van der Waals surface area contributed by atoms with E-state index in [2.05, 4.69) is 9.71 Å². The third kappa shape index (κ3) is 3.93. The van der Waals surface area contributed by atoms with E-state index in [9.17, 15) is 13.5 Å². The van der Waals surface area contributed by atoms with Gasteiger partial charge in [-0.2, -0.15) is 0 Å². The van der Waals surface area contributed by atoms with Crippen LogP contribution in [0, 0.1) is 0 Å². The van der Waals surface area contributed by atoms with Crippen LogP contribution in [0.5, 0.6) is 0 Å². The highest BCUT2D eigenvalue weighted by Gasteiger charge is 2.23. The zero-order chi connectivity index (χ0) is 15.5. The van der Waals surface area contributed by atoms with Crippen LogP contribution >= 0.6 is 0 Å². The minimum absolute atomic E-state index is 0.0524. The van der Waals surface area contributed by atoms with Gasteiger partial charge < -0.3 is 10.0 Å². The summed E-state index contributed by atoms with van der Waals surface area (Å²) in [7, 11) is -3.52. The Bertz CT molecular complexity index is 555. The zero-order valence-electron chi connectivity index (χ0n) is 12.5. The molecular weight excluding hydrogens is 290 g/mol. The van der Waals surface area contributed by atoms with Crippen LogP contribution in [0.2, 0.25) is 0 Å². The fourth-order valence-corrected chi connectivity index (χ4v) is 3.76. The fourth-order valence-electron chi connectivity index (χ4n) is 2.41. The van der Waals surface area contributed by atoms with Gasteiger partial charge in [0, 0.05) is 25.3 Å². The summed E-state index contributed by atoms with van der Waals surface area (Å²) in [5.74, 6) is 0.702. The van der Waals surface area contributed by atoms with Gasteiger partial charge in [-0.05, 0) is 31.4 Å². The largest absolute Gasteiger partial charge is 0.391 e. The third-order valence-electron chi connectivity index (χ3n) is 3.83. The van der Waals surface area contributed by atoms with Crippen LogP contribution in [-0.2, 0) is 10.0 Å². The van der Waals surface area contributed by atoms with Crippen molar-refractivity contribution in [3.05, 3.63) is 18.3 Å². The van der Waals surface area contributed by atoms with Crippen molar-refractivity contribution < 1.29 is 13.5 Å². The third-order valence-corrected chi connectivity index (χ3v) is 5.33. The van der Waals surface area contributed by atoms with Crippen LogP contribution in [0.4, 0.5) is 5.82 Å². The Morgan fingerprint density at radius 2 is 2.14 bits per heavy atom. The van der Waals surface area contributed by atoms with Gasteiger partial charge in [-0.25, -0.2) is 18.1 Å². The average molecular weight is 313 g/mol. The van der Waals surface area contributed by atoms with E-state index in [1.807, 2.05) is 18.7 Å². The van der Waals surface area contributed by atoms with Crippen molar-refractivity contribution in [2.75, 3.05) is 18.0 Å². The Morgan fingerprint density at radius 3 is 2.62 bits per heavy atom. The second-order valence-corrected chi connectivity index (χ2v) is 7.09. The topological polar surface area (TPSA) is 82.5 Å². The number of pyridine rings is 1. The normalized spacial score (nSPS) is 19.4. The van der Waals surface area contributed by atoms with Gasteiger partial charge in [-0.3, -0.25) is 0 Å². The zero-order valence-corrected chi connectivity index (χ0v) is 13.3. The number of β-amino-alcohol motifs (C(OH)–C–C–N with tert-alkyl or cyclic N) is 1. The highest BCUT2D eigenvalue weighted by atomic mass is 32.2. The van der Waals surface area contributed by atoms with Gasteiger partial charge in [0.1, 0.15) is 10.7 Å². The Balaban J connectivity index is 2.11. The second kappa shape index (κ2) is 6.72. The lowest BCUT2D eigenvalue weighted by Crippen LogP contribution is -2.34. The van der Waals surface area contributed by atoms with Crippen molar-refractivity contribution in [3.8, 4) is 0 Å². The maximum absolute atomic E-state index is 12.2. The van der Waals surface area contributed by atoms with Crippen LogP contribution in [0.3, 0.4) is 0 Å². The number of sulfonamides is 1. The predicted octanol–water partition coefficient (Wildman–Crippen LogP) is 1.12. The molecule has 0 unspecified atom stereocenters. The molecule has 6 nitrogen and oxygen atoms in total. The van der Waals surface area contributed by atoms with Gasteiger partial charge in [0.2, 0.25) is 10.0 Å². The van der Waals surface area contributed by atoms with E-state index >= 15 is 0 Å². The molecule has 1 aromatic heterocycles. The van der Waals surface area contributed by atoms with Gasteiger partial charge in [0.15, 0.2) is 0 Å². The molecule has 21 heavy (non-hydrogen) atoms. The monoisotopic (exact) mass is 313 g/mol. The number of nitrogens with one attached hydrogen (secondary N) is 1.